The SMILES string of the molecule is COc1ccc(CN2C(=O)c3ccccc3C2=O)cc1C(=O)NCCc1cccnc1. The second kappa shape index (κ2) is 8.79. The molecule has 0 aliphatic carbocycles. The Morgan fingerprint density at radius 2 is 1.74 bits per heavy atom. The molecule has 1 N–H and O–H groups in total. The molecule has 0 saturated carbocycles. The molecule has 2 aromatic carbocycles. The number of hydrogen-bond donors (Lipinski definition) is 1. The van der Waals surface area contributed by atoms with Gasteiger partial charge in [-0.25, -0.2) is 0 Å². The second-order valence-electron chi connectivity index (χ2n) is 7.14. The summed E-state index contributed by atoms with van der Waals surface area (Å²) in [5, 5.41) is 2.88. The Kier molecular flexibility index (Phi) is 5.75. The van der Waals surface area contributed by atoms with E-state index in [1.807, 2.05) is 12.1 Å². The normalized spacial score (nSPS) is 12.6. The number of methoxy groups -OCH3 is 1. The highest BCUT2D eigenvalue weighted by atomic mass is 16.5. The maximum atomic E-state index is 12.8. The van der Waals surface area contributed by atoms with Crippen molar-refractivity contribution in [2.75, 3.05) is 13.7 Å². The third-order valence-corrected chi connectivity index (χ3v) is 5.15. The van der Waals surface area contributed by atoms with Crippen LogP contribution < -0.4 is 10.1 Å². The summed E-state index contributed by atoms with van der Waals surface area (Å²) in [6.07, 6.45) is 4.11. The van der Waals surface area contributed by atoms with Crippen molar-refractivity contribution < 1.29 is 19.1 Å². The maximum Gasteiger partial charge on any atom is 0.261 e. The zero-order valence-corrected chi connectivity index (χ0v) is 17.0. The summed E-state index contributed by atoms with van der Waals surface area (Å²) in [7, 11) is 1.49. The predicted molar refractivity (Wildman–Crippen MR) is 114 cm³/mol. The van der Waals surface area contributed by atoms with Crippen LogP contribution in [-0.2, 0) is 13.0 Å². The van der Waals surface area contributed by atoms with Crippen molar-refractivity contribution in [1.29, 1.82) is 0 Å². The van der Waals surface area contributed by atoms with Crippen LogP contribution in [-0.4, -0.2) is 41.3 Å². The number of pyridine rings is 1. The van der Waals surface area contributed by atoms with Crippen LogP contribution in [0.25, 0.3) is 0 Å². The average molecular weight is 415 g/mol. The molecule has 1 aliphatic rings. The van der Waals surface area contributed by atoms with Crippen molar-refractivity contribution in [3.63, 3.8) is 0 Å². The van der Waals surface area contributed by atoms with Crippen LogP contribution >= 0.6 is 0 Å². The molecule has 156 valence electrons. The van der Waals surface area contributed by atoms with Crippen LogP contribution in [0.1, 0.15) is 42.2 Å². The van der Waals surface area contributed by atoms with Gasteiger partial charge in [0, 0.05) is 18.9 Å². The Hall–Kier alpha value is -4.00. The number of nitrogens with zero attached hydrogens (tertiary/aromatic N) is 2. The van der Waals surface area contributed by atoms with Crippen LogP contribution in [0.4, 0.5) is 0 Å². The van der Waals surface area contributed by atoms with E-state index in [4.69, 9.17) is 4.74 Å². The molecular weight excluding hydrogens is 394 g/mol. The molecule has 3 aromatic rings. The van der Waals surface area contributed by atoms with Crippen molar-refractivity contribution in [1.82, 2.24) is 15.2 Å². The van der Waals surface area contributed by atoms with Crippen LogP contribution in [0.5, 0.6) is 5.75 Å². The van der Waals surface area contributed by atoms with Gasteiger partial charge in [-0.2, -0.15) is 0 Å². The van der Waals surface area contributed by atoms with Crippen molar-refractivity contribution in [2.24, 2.45) is 0 Å². The van der Waals surface area contributed by atoms with E-state index in [0.29, 0.717) is 41.0 Å². The van der Waals surface area contributed by atoms with E-state index >= 15 is 0 Å². The smallest absolute Gasteiger partial charge is 0.261 e. The van der Waals surface area contributed by atoms with Gasteiger partial charge in [0.15, 0.2) is 0 Å². The van der Waals surface area contributed by atoms with Gasteiger partial charge >= 0.3 is 0 Å². The summed E-state index contributed by atoms with van der Waals surface area (Å²) in [6.45, 7) is 0.516. The lowest BCUT2D eigenvalue weighted by Gasteiger charge is -2.16. The quantitative estimate of drug-likeness (QED) is 0.600. The molecule has 3 amide bonds. The fourth-order valence-electron chi connectivity index (χ4n) is 3.56. The van der Waals surface area contributed by atoms with E-state index in [0.717, 1.165) is 5.56 Å². The zero-order chi connectivity index (χ0) is 21.8. The van der Waals surface area contributed by atoms with Crippen molar-refractivity contribution in [3.05, 3.63) is 94.8 Å². The minimum absolute atomic E-state index is 0.0757. The van der Waals surface area contributed by atoms with Gasteiger partial charge in [-0.3, -0.25) is 24.3 Å². The second-order valence-corrected chi connectivity index (χ2v) is 7.14. The number of hydrogen-bond acceptors (Lipinski definition) is 5. The van der Waals surface area contributed by atoms with Gasteiger partial charge < -0.3 is 10.1 Å². The molecule has 0 fully saturated rings. The Morgan fingerprint density at radius 1 is 1.00 bits per heavy atom. The number of nitrogens with one attached hydrogen (secondary N) is 1. The van der Waals surface area contributed by atoms with Gasteiger partial charge in [0.25, 0.3) is 17.7 Å². The molecule has 4 rings (SSSR count). The average Bonchev–Trinajstić information content (AvgIpc) is 3.04. The molecule has 0 atom stereocenters. The maximum absolute atomic E-state index is 12.8. The van der Waals surface area contributed by atoms with Crippen LogP contribution in [0.3, 0.4) is 0 Å². The first-order valence-electron chi connectivity index (χ1n) is 9.87. The highest BCUT2D eigenvalue weighted by molar-refractivity contribution is 6.21. The van der Waals surface area contributed by atoms with Crippen molar-refractivity contribution >= 4 is 17.7 Å². The van der Waals surface area contributed by atoms with E-state index in [9.17, 15) is 14.4 Å². The Balaban J connectivity index is 1.48. The predicted octanol–water partition coefficient (Wildman–Crippen LogP) is 2.86. The molecule has 2 heterocycles. The summed E-state index contributed by atoms with van der Waals surface area (Å²) in [4.78, 5) is 43.3. The fraction of sp³-hybridized carbons (Fsp3) is 0.167. The highest BCUT2D eigenvalue weighted by Gasteiger charge is 2.35. The number of benzene rings is 2. The number of aromatic nitrogens is 1. The topological polar surface area (TPSA) is 88.6 Å². The molecule has 0 bridgehead atoms. The molecule has 0 unspecified atom stereocenters. The molecule has 7 nitrogen and oxygen atoms in total. The minimum atomic E-state index is -0.334. The number of carbonyl (C=O) groups is 3. The zero-order valence-electron chi connectivity index (χ0n) is 17.0. The van der Waals surface area contributed by atoms with Crippen molar-refractivity contribution in [2.45, 2.75) is 13.0 Å². The molecule has 31 heavy (non-hydrogen) atoms. The van der Waals surface area contributed by atoms with E-state index in [2.05, 4.69) is 10.3 Å². The number of ether oxygens (including phenoxy) is 1. The molecule has 7 heteroatoms. The Bertz CT molecular complexity index is 1110. The van der Waals surface area contributed by atoms with E-state index in [1.165, 1.54) is 12.0 Å². The van der Waals surface area contributed by atoms with Gasteiger partial charge in [0.05, 0.1) is 30.3 Å². The first-order chi connectivity index (χ1) is 15.1. The summed E-state index contributed by atoms with van der Waals surface area (Å²) >= 11 is 0. The summed E-state index contributed by atoms with van der Waals surface area (Å²) < 4.78 is 5.33. The van der Waals surface area contributed by atoms with Crippen LogP contribution in [0.2, 0.25) is 0 Å². The number of rotatable bonds is 7. The lowest BCUT2D eigenvalue weighted by atomic mass is 10.1. The number of imide groups is 1. The van der Waals surface area contributed by atoms with Gasteiger partial charge in [0.1, 0.15) is 5.75 Å². The molecule has 0 spiro atoms. The molecule has 0 radical (unpaired) electrons. The summed E-state index contributed by atoms with van der Waals surface area (Å²) in [5.74, 6) is -0.535. The van der Waals surface area contributed by atoms with Gasteiger partial charge in [-0.1, -0.05) is 24.3 Å². The lowest BCUT2D eigenvalue weighted by Crippen LogP contribution is -2.29. The van der Waals surface area contributed by atoms with Gasteiger partial charge in [-0.15, -0.1) is 0 Å². The van der Waals surface area contributed by atoms with Gasteiger partial charge in [-0.05, 0) is 47.9 Å². The standard InChI is InChI=1S/C24H21N3O4/c1-31-21-9-8-17(15-27-23(29)18-6-2-3-7-19(18)24(27)30)13-20(21)22(28)26-12-10-16-5-4-11-25-14-16/h2-9,11,13-14H,10,12,15H2,1H3,(H,26,28). The summed E-state index contributed by atoms with van der Waals surface area (Å²) in [5.41, 5.74) is 2.83. The Morgan fingerprint density at radius 3 is 2.39 bits per heavy atom. The molecule has 1 aromatic heterocycles. The third-order valence-electron chi connectivity index (χ3n) is 5.15. The van der Waals surface area contributed by atoms with E-state index in [-0.39, 0.29) is 24.3 Å². The molecule has 0 saturated heterocycles. The third kappa shape index (κ3) is 4.16. The first-order valence-corrected chi connectivity index (χ1v) is 9.87. The number of fused-ring (bicyclic) bond motifs is 1. The van der Waals surface area contributed by atoms with E-state index < -0.39 is 0 Å². The monoisotopic (exact) mass is 415 g/mol. The van der Waals surface area contributed by atoms with E-state index in [1.54, 1.807) is 54.9 Å². The molecule has 1 aliphatic heterocycles. The lowest BCUT2D eigenvalue weighted by molar-refractivity contribution is 0.0642. The number of amides is 3. The van der Waals surface area contributed by atoms with Gasteiger partial charge in [0.2, 0.25) is 0 Å². The minimum Gasteiger partial charge on any atom is -0.496 e. The highest BCUT2D eigenvalue weighted by Crippen LogP contribution is 2.26. The van der Waals surface area contributed by atoms with Crippen LogP contribution in [0.15, 0.2) is 67.0 Å². The molecular formula is C24H21N3O4. The Labute approximate surface area is 179 Å². The van der Waals surface area contributed by atoms with Crippen molar-refractivity contribution in [3.8, 4) is 5.75 Å². The number of carbonyl (C=O) groups excluding carboxylic acids is 3. The summed E-state index contributed by atoms with van der Waals surface area (Å²) in [6, 6.07) is 15.6. The largest absolute Gasteiger partial charge is 0.496 e. The first kappa shape index (κ1) is 20.3. The fourth-order valence-corrected chi connectivity index (χ4v) is 3.56. The van der Waals surface area contributed by atoms with Crippen LogP contribution in [0, 0.1) is 0 Å².